The largest absolute Gasteiger partial charge is 0.458 e. The molecule has 1 aliphatic heterocycles. The molecule has 0 bridgehead atoms. The minimum atomic E-state index is -1.90. The van der Waals surface area contributed by atoms with Crippen molar-refractivity contribution in [1.29, 1.82) is 0 Å². The maximum atomic E-state index is 13.4. The van der Waals surface area contributed by atoms with Crippen LogP contribution in [0, 0.1) is 5.92 Å². The monoisotopic (exact) mass is 220 g/mol. The lowest BCUT2D eigenvalue weighted by Crippen LogP contribution is -2.53. The lowest BCUT2D eigenvalue weighted by Gasteiger charge is -2.37. The fourth-order valence-electron chi connectivity index (χ4n) is 1.55. The van der Waals surface area contributed by atoms with E-state index in [-0.39, 0.29) is 0 Å². The number of esters is 1. The van der Waals surface area contributed by atoms with Gasteiger partial charge in [-0.05, 0) is 6.92 Å². The van der Waals surface area contributed by atoms with Gasteiger partial charge in [-0.3, -0.25) is 4.79 Å². The van der Waals surface area contributed by atoms with Gasteiger partial charge in [0.2, 0.25) is 0 Å². The van der Waals surface area contributed by atoms with Crippen molar-refractivity contribution in [2.24, 2.45) is 5.92 Å². The lowest BCUT2D eigenvalue weighted by atomic mass is 9.91. The molecule has 0 spiro atoms. The SMILES string of the molecule is CC(=O)O[C@H]1C(F)C(O)O[C@@H](C)[C@H]1C=O. The highest BCUT2D eigenvalue weighted by Gasteiger charge is 2.46. The number of aliphatic hydroxyl groups is 1. The first-order valence-corrected chi connectivity index (χ1v) is 4.57. The van der Waals surface area contributed by atoms with Crippen molar-refractivity contribution < 1.29 is 28.6 Å². The molecule has 5 atom stereocenters. The predicted molar refractivity (Wildman–Crippen MR) is 46.6 cm³/mol. The molecule has 0 aromatic rings. The van der Waals surface area contributed by atoms with Crippen molar-refractivity contribution in [1.82, 2.24) is 0 Å². The number of hydrogen-bond acceptors (Lipinski definition) is 5. The van der Waals surface area contributed by atoms with Gasteiger partial charge in [-0.15, -0.1) is 0 Å². The van der Waals surface area contributed by atoms with Gasteiger partial charge in [0.1, 0.15) is 12.4 Å². The molecule has 6 heteroatoms. The van der Waals surface area contributed by atoms with E-state index in [1.807, 2.05) is 0 Å². The molecule has 0 aliphatic carbocycles. The number of carbonyl (C=O) groups excluding carboxylic acids is 2. The Balaban J connectivity index is 2.82. The summed E-state index contributed by atoms with van der Waals surface area (Å²) in [4.78, 5) is 21.4. The van der Waals surface area contributed by atoms with Gasteiger partial charge in [-0.1, -0.05) is 0 Å². The summed E-state index contributed by atoms with van der Waals surface area (Å²) >= 11 is 0. The van der Waals surface area contributed by atoms with Crippen molar-refractivity contribution in [3.05, 3.63) is 0 Å². The number of carbonyl (C=O) groups is 2. The summed E-state index contributed by atoms with van der Waals surface area (Å²) in [5.41, 5.74) is 0. The zero-order chi connectivity index (χ0) is 11.6. The standard InChI is InChI=1S/C9H13FO5/c1-4-6(3-11)8(15-5(2)12)7(10)9(13)14-4/h3-4,6-9,13H,1-2H3/t4-,6+,7?,8+,9?/m0/s1. The lowest BCUT2D eigenvalue weighted by molar-refractivity contribution is -0.246. The van der Waals surface area contributed by atoms with Gasteiger partial charge in [-0.25, -0.2) is 4.39 Å². The number of alkyl halides is 1. The predicted octanol–water partition coefficient (Wildman–Crippen LogP) is -0.192. The third kappa shape index (κ3) is 2.51. The summed E-state index contributed by atoms with van der Waals surface area (Å²) < 4.78 is 22.8. The first kappa shape index (κ1) is 12.1. The summed E-state index contributed by atoms with van der Waals surface area (Å²) in [6.45, 7) is 2.62. The van der Waals surface area contributed by atoms with Crippen molar-refractivity contribution in [3.63, 3.8) is 0 Å². The van der Waals surface area contributed by atoms with Crippen LogP contribution in [0.25, 0.3) is 0 Å². The Morgan fingerprint density at radius 2 is 2.20 bits per heavy atom. The average Bonchev–Trinajstić information content (AvgIpc) is 2.13. The van der Waals surface area contributed by atoms with Crippen molar-refractivity contribution in [3.8, 4) is 0 Å². The van der Waals surface area contributed by atoms with Crippen LogP contribution >= 0.6 is 0 Å². The van der Waals surface area contributed by atoms with Crippen LogP contribution in [0.2, 0.25) is 0 Å². The van der Waals surface area contributed by atoms with Crippen molar-refractivity contribution in [2.75, 3.05) is 0 Å². The maximum absolute atomic E-state index is 13.4. The summed E-state index contributed by atoms with van der Waals surface area (Å²) in [7, 11) is 0. The molecule has 0 radical (unpaired) electrons. The summed E-state index contributed by atoms with van der Waals surface area (Å²) in [5, 5.41) is 9.14. The second kappa shape index (κ2) is 4.67. The molecule has 0 amide bonds. The second-order valence-electron chi connectivity index (χ2n) is 3.46. The molecule has 5 nitrogen and oxygen atoms in total. The van der Waals surface area contributed by atoms with Crippen molar-refractivity contribution >= 4 is 12.3 Å². The van der Waals surface area contributed by atoms with Gasteiger partial charge in [0, 0.05) is 6.92 Å². The van der Waals surface area contributed by atoms with Gasteiger partial charge in [0.05, 0.1) is 12.0 Å². The zero-order valence-corrected chi connectivity index (χ0v) is 8.42. The van der Waals surface area contributed by atoms with Crippen LogP contribution in [-0.4, -0.2) is 42.0 Å². The van der Waals surface area contributed by atoms with Crippen molar-refractivity contribution in [2.45, 2.75) is 38.5 Å². The molecule has 1 fully saturated rings. The summed E-state index contributed by atoms with van der Waals surface area (Å²) in [5.74, 6) is -1.59. The highest BCUT2D eigenvalue weighted by atomic mass is 19.1. The first-order chi connectivity index (χ1) is 6.97. The van der Waals surface area contributed by atoms with E-state index in [9.17, 15) is 14.0 Å². The van der Waals surface area contributed by atoms with E-state index in [2.05, 4.69) is 4.74 Å². The number of hydrogen-bond donors (Lipinski definition) is 1. The third-order valence-corrected chi connectivity index (χ3v) is 2.32. The second-order valence-corrected chi connectivity index (χ2v) is 3.46. The summed E-state index contributed by atoms with van der Waals surface area (Å²) in [6.07, 6.45) is -5.06. The molecular weight excluding hydrogens is 207 g/mol. The van der Waals surface area contributed by atoms with Crippen LogP contribution in [0.5, 0.6) is 0 Å². The molecule has 1 saturated heterocycles. The summed E-state index contributed by atoms with van der Waals surface area (Å²) in [6, 6.07) is 0. The van der Waals surface area contributed by atoms with E-state index in [1.165, 1.54) is 6.92 Å². The van der Waals surface area contributed by atoms with E-state index in [0.717, 1.165) is 6.92 Å². The molecular formula is C9H13FO5. The Labute approximate surface area is 86.2 Å². The molecule has 15 heavy (non-hydrogen) atoms. The van der Waals surface area contributed by atoms with Gasteiger partial charge in [0.15, 0.2) is 12.5 Å². The number of rotatable bonds is 2. The highest BCUT2D eigenvalue weighted by molar-refractivity contribution is 5.67. The fourth-order valence-corrected chi connectivity index (χ4v) is 1.55. The van der Waals surface area contributed by atoms with Crippen LogP contribution in [0.3, 0.4) is 0 Å². The molecule has 0 aromatic heterocycles. The minimum absolute atomic E-state index is 0.469. The maximum Gasteiger partial charge on any atom is 0.303 e. The minimum Gasteiger partial charge on any atom is -0.458 e. The van der Waals surface area contributed by atoms with Gasteiger partial charge in [-0.2, -0.15) is 0 Å². The molecule has 0 aromatic carbocycles. The number of aliphatic hydroxyl groups excluding tert-OH is 1. The van der Waals surface area contributed by atoms with Crippen LogP contribution in [-0.2, 0) is 19.1 Å². The van der Waals surface area contributed by atoms with Crippen LogP contribution in [0.15, 0.2) is 0 Å². The smallest absolute Gasteiger partial charge is 0.303 e. The highest BCUT2D eigenvalue weighted by Crippen LogP contribution is 2.28. The van der Waals surface area contributed by atoms with E-state index in [4.69, 9.17) is 9.84 Å². The molecule has 2 unspecified atom stereocenters. The molecule has 1 aliphatic rings. The van der Waals surface area contributed by atoms with Crippen LogP contribution in [0.4, 0.5) is 4.39 Å². The molecule has 1 heterocycles. The van der Waals surface area contributed by atoms with Crippen LogP contribution in [0.1, 0.15) is 13.8 Å². The van der Waals surface area contributed by atoms with E-state index in [0.29, 0.717) is 6.29 Å². The molecule has 0 saturated carbocycles. The normalized spacial score (nSPS) is 40.9. The van der Waals surface area contributed by atoms with E-state index < -0.39 is 36.6 Å². The molecule has 1 rings (SSSR count). The van der Waals surface area contributed by atoms with Gasteiger partial charge >= 0.3 is 5.97 Å². The Hall–Kier alpha value is -1.01. The molecule has 86 valence electrons. The van der Waals surface area contributed by atoms with Crippen LogP contribution < -0.4 is 0 Å². The number of ether oxygens (including phenoxy) is 2. The van der Waals surface area contributed by atoms with Gasteiger partial charge < -0.3 is 19.4 Å². The average molecular weight is 220 g/mol. The van der Waals surface area contributed by atoms with E-state index in [1.54, 1.807) is 0 Å². The van der Waals surface area contributed by atoms with Gasteiger partial charge in [0.25, 0.3) is 0 Å². The Morgan fingerprint density at radius 1 is 1.60 bits per heavy atom. The Morgan fingerprint density at radius 3 is 2.67 bits per heavy atom. The fraction of sp³-hybridized carbons (Fsp3) is 0.778. The number of aldehydes is 1. The van der Waals surface area contributed by atoms with E-state index >= 15 is 0 Å². The topological polar surface area (TPSA) is 72.8 Å². The first-order valence-electron chi connectivity index (χ1n) is 4.57. The zero-order valence-electron chi connectivity index (χ0n) is 8.42. The number of halogens is 1. The quantitative estimate of drug-likeness (QED) is 0.515. The Bertz CT molecular complexity index is 257. The third-order valence-electron chi connectivity index (χ3n) is 2.32. The molecule has 1 N–H and O–H groups in total. The Kier molecular flexibility index (Phi) is 3.76.